The highest BCUT2D eigenvalue weighted by molar-refractivity contribution is 5.86. The molecule has 2 N–H and O–H groups in total. The van der Waals surface area contributed by atoms with Crippen LogP contribution >= 0.6 is 0 Å². The van der Waals surface area contributed by atoms with E-state index in [2.05, 4.69) is 0 Å². The van der Waals surface area contributed by atoms with Gasteiger partial charge in [-0.15, -0.1) is 0 Å². The Bertz CT molecular complexity index is 188. The van der Waals surface area contributed by atoms with E-state index in [1.54, 1.807) is 0 Å². The number of hydrogen-bond donors (Lipinski definition) is 2. The lowest BCUT2D eigenvalue weighted by Gasteiger charge is -2.15. The van der Waals surface area contributed by atoms with E-state index in [1.807, 2.05) is 6.92 Å². The van der Waals surface area contributed by atoms with E-state index < -0.39 is 23.8 Å². The highest BCUT2D eigenvalue weighted by atomic mass is 16.4. The van der Waals surface area contributed by atoms with Gasteiger partial charge in [0, 0.05) is 0 Å². The van der Waals surface area contributed by atoms with Crippen molar-refractivity contribution >= 4 is 11.8 Å². The van der Waals surface area contributed by atoms with E-state index in [1.165, 1.54) is 6.92 Å². The average Bonchev–Trinajstić information content (AvgIpc) is 2.04. The zero-order valence-electron chi connectivity index (χ0n) is 7.99. The highest BCUT2D eigenvalue weighted by Crippen LogP contribution is 2.14. The van der Waals surface area contributed by atoms with Gasteiger partial charge in [-0.05, 0) is 13.3 Å². The molecule has 76 valence electrons. The molecule has 0 spiro atoms. The summed E-state index contributed by atoms with van der Waals surface area (Å²) in [6.45, 7) is 3.13. The van der Waals surface area contributed by atoms with Gasteiger partial charge in [0.15, 0.2) is 5.78 Å². The second kappa shape index (κ2) is 5.70. The summed E-state index contributed by atoms with van der Waals surface area (Å²) in [6.07, 6.45) is 0.562. The van der Waals surface area contributed by atoms with E-state index in [9.17, 15) is 14.7 Å². The number of hydrogen-bond acceptors (Lipinski definition) is 3. The second-order valence-electron chi connectivity index (χ2n) is 3.14. The number of aliphatic carboxylic acids is 1. The number of aliphatic hydroxyl groups excluding tert-OH is 1. The number of Topliss-reactive ketones (excluding diaryl/α,β-unsaturated/α-hetero) is 1. The quantitative estimate of drug-likeness (QED) is 0.647. The average molecular weight is 188 g/mol. The fourth-order valence-corrected chi connectivity index (χ4v) is 1.12. The van der Waals surface area contributed by atoms with Gasteiger partial charge >= 0.3 is 5.97 Å². The first-order chi connectivity index (χ1) is 6.00. The molecule has 0 amide bonds. The molecule has 13 heavy (non-hydrogen) atoms. The molecule has 4 heteroatoms. The van der Waals surface area contributed by atoms with Crippen molar-refractivity contribution in [3.63, 3.8) is 0 Å². The third kappa shape index (κ3) is 4.03. The van der Waals surface area contributed by atoms with Gasteiger partial charge in [0.2, 0.25) is 0 Å². The zero-order chi connectivity index (χ0) is 10.4. The van der Waals surface area contributed by atoms with Crippen LogP contribution in [0, 0.1) is 5.92 Å². The van der Waals surface area contributed by atoms with Gasteiger partial charge in [-0.1, -0.05) is 19.8 Å². The van der Waals surface area contributed by atoms with Gasteiger partial charge in [0.05, 0.1) is 5.92 Å². The van der Waals surface area contributed by atoms with Gasteiger partial charge in [-0.25, -0.2) is 0 Å². The van der Waals surface area contributed by atoms with E-state index in [0.29, 0.717) is 12.8 Å². The van der Waals surface area contributed by atoms with Crippen molar-refractivity contribution in [3.05, 3.63) is 0 Å². The molecule has 0 bridgehead atoms. The fraction of sp³-hybridized carbons (Fsp3) is 0.778. The van der Waals surface area contributed by atoms with Gasteiger partial charge in [0.1, 0.15) is 6.10 Å². The Labute approximate surface area is 77.6 Å². The number of carbonyl (C=O) groups is 2. The van der Waals surface area contributed by atoms with Crippen LogP contribution in [0.3, 0.4) is 0 Å². The molecule has 2 atom stereocenters. The maximum atomic E-state index is 10.7. The molecule has 0 heterocycles. The molecule has 0 aromatic heterocycles. The number of carboxylic acid groups (broad SMARTS) is 1. The monoisotopic (exact) mass is 188 g/mol. The third-order valence-corrected chi connectivity index (χ3v) is 1.98. The van der Waals surface area contributed by atoms with Crippen LogP contribution in [-0.2, 0) is 9.59 Å². The predicted octanol–water partition coefficient (Wildman–Crippen LogP) is 0.827. The normalized spacial score (nSPS) is 15.0. The lowest BCUT2D eigenvalue weighted by Crippen LogP contribution is -2.33. The molecule has 0 aromatic carbocycles. The topological polar surface area (TPSA) is 74.6 Å². The summed E-state index contributed by atoms with van der Waals surface area (Å²) in [5, 5.41) is 18.0. The van der Waals surface area contributed by atoms with Crippen LogP contribution in [0.2, 0.25) is 0 Å². The smallest absolute Gasteiger partial charge is 0.309 e. The maximum Gasteiger partial charge on any atom is 0.309 e. The van der Waals surface area contributed by atoms with Crippen LogP contribution in [0.5, 0.6) is 0 Å². The van der Waals surface area contributed by atoms with Gasteiger partial charge in [-0.2, -0.15) is 0 Å². The molecular weight excluding hydrogens is 172 g/mol. The van der Waals surface area contributed by atoms with Crippen LogP contribution in [-0.4, -0.2) is 28.1 Å². The number of carbonyl (C=O) groups excluding carboxylic acids is 1. The molecule has 0 aromatic rings. The number of aliphatic hydroxyl groups is 1. The Kier molecular flexibility index (Phi) is 5.30. The predicted molar refractivity (Wildman–Crippen MR) is 47.3 cm³/mol. The number of carboxylic acids is 1. The zero-order valence-corrected chi connectivity index (χ0v) is 7.99. The van der Waals surface area contributed by atoms with Crippen LogP contribution in [0.4, 0.5) is 0 Å². The maximum absolute atomic E-state index is 10.7. The van der Waals surface area contributed by atoms with Crippen molar-refractivity contribution in [3.8, 4) is 0 Å². The number of ketones is 1. The summed E-state index contributed by atoms with van der Waals surface area (Å²) in [6, 6.07) is 0. The van der Waals surface area contributed by atoms with Gasteiger partial charge in [-0.3, -0.25) is 9.59 Å². The molecule has 0 rings (SSSR count). The summed E-state index contributed by atoms with van der Waals surface area (Å²) in [4.78, 5) is 21.4. The molecule has 0 saturated carbocycles. The molecule has 4 nitrogen and oxygen atoms in total. The first-order valence-corrected chi connectivity index (χ1v) is 4.42. The summed E-state index contributed by atoms with van der Waals surface area (Å²) in [5.74, 6) is -2.53. The minimum absolute atomic E-state index is 0.354. The first kappa shape index (κ1) is 12.1. The number of unbranched alkanes of at least 4 members (excludes halogenated alkanes) is 1. The molecule has 0 unspecified atom stereocenters. The summed E-state index contributed by atoms with van der Waals surface area (Å²) >= 11 is 0. The Morgan fingerprint density at radius 2 is 1.92 bits per heavy atom. The van der Waals surface area contributed by atoms with E-state index in [0.717, 1.165) is 6.42 Å². The standard InChI is InChI=1S/C9H16O4/c1-3-4-5-7(9(12)13)8(11)6(2)10/h7-8,11H,3-5H2,1-2H3,(H,12,13)/t7-,8+/m1/s1. The Balaban J connectivity index is 4.24. The largest absolute Gasteiger partial charge is 0.481 e. The van der Waals surface area contributed by atoms with Crippen molar-refractivity contribution in [1.29, 1.82) is 0 Å². The van der Waals surface area contributed by atoms with Crippen molar-refractivity contribution in [2.45, 2.75) is 39.2 Å². The summed E-state index contributed by atoms with van der Waals surface area (Å²) in [5.41, 5.74) is 0. The first-order valence-electron chi connectivity index (χ1n) is 4.42. The van der Waals surface area contributed by atoms with Gasteiger partial charge in [0.25, 0.3) is 0 Å². The van der Waals surface area contributed by atoms with Crippen LogP contribution in [0.1, 0.15) is 33.1 Å². The van der Waals surface area contributed by atoms with Crippen LogP contribution < -0.4 is 0 Å². The highest BCUT2D eigenvalue weighted by Gasteiger charge is 2.28. The van der Waals surface area contributed by atoms with Crippen molar-refractivity contribution in [2.75, 3.05) is 0 Å². The molecule has 0 aliphatic heterocycles. The van der Waals surface area contributed by atoms with E-state index in [4.69, 9.17) is 5.11 Å². The van der Waals surface area contributed by atoms with E-state index in [-0.39, 0.29) is 0 Å². The molecular formula is C9H16O4. The second-order valence-corrected chi connectivity index (χ2v) is 3.14. The minimum atomic E-state index is -1.36. The van der Waals surface area contributed by atoms with Crippen molar-refractivity contribution in [1.82, 2.24) is 0 Å². The molecule has 0 fully saturated rings. The van der Waals surface area contributed by atoms with Gasteiger partial charge < -0.3 is 10.2 Å². The van der Waals surface area contributed by atoms with Crippen LogP contribution in [0.15, 0.2) is 0 Å². The molecule has 0 saturated heterocycles. The molecule has 0 aliphatic carbocycles. The Morgan fingerprint density at radius 3 is 2.23 bits per heavy atom. The fourth-order valence-electron chi connectivity index (χ4n) is 1.12. The lowest BCUT2D eigenvalue weighted by atomic mass is 9.94. The molecule has 0 radical (unpaired) electrons. The van der Waals surface area contributed by atoms with Crippen molar-refractivity contribution in [2.24, 2.45) is 5.92 Å². The SMILES string of the molecule is CCCC[C@@H](C(=O)O)[C@@H](O)C(C)=O. The minimum Gasteiger partial charge on any atom is -0.481 e. The summed E-state index contributed by atoms with van der Waals surface area (Å²) in [7, 11) is 0. The van der Waals surface area contributed by atoms with E-state index >= 15 is 0 Å². The lowest BCUT2D eigenvalue weighted by molar-refractivity contribution is -0.150. The Hall–Kier alpha value is -0.900. The van der Waals surface area contributed by atoms with Crippen LogP contribution in [0.25, 0.3) is 0 Å². The molecule has 0 aliphatic rings. The Morgan fingerprint density at radius 1 is 1.38 bits per heavy atom. The van der Waals surface area contributed by atoms with Crippen molar-refractivity contribution < 1.29 is 19.8 Å². The number of rotatable bonds is 6. The third-order valence-electron chi connectivity index (χ3n) is 1.98. The summed E-state index contributed by atoms with van der Waals surface area (Å²) < 4.78 is 0.